The first-order valence-electron chi connectivity index (χ1n) is 6.61. The zero-order valence-corrected chi connectivity index (χ0v) is 11.3. The fourth-order valence-corrected chi connectivity index (χ4v) is 1.98. The smallest absolute Gasteiger partial charge is 0.150 e. The third-order valence-corrected chi connectivity index (χ3v) is 3.02. The summed E-state index contributed by atoms with van der Waals surface area (Å²) in [6, 6.07) is 5.41. The molecule has 102 valence electrons. The van der Waals surface area contributed by atoms with Gasteiger partial charge in [-0.05, 0) is 31.5 Å². The number of unbranched alkanes of at least 4 members (excludes halogenated alkanes) is 1. The van der Waals surface area contributed by atoms with Crippen LogP contribution in [0.5, 0.6) is 0 Å². The summed E-state index contributed by atoms with van der Waals surface area (Å²) in [5.41, 5.74) is 1.20. The molecule has 0 aliphatic carbocycles. The molecular formula is C14H19FN4. The lowest BCUT2D eigenvalue weighted by atomic mass is 10.1. The summed E-state index contributed by atoms with van der Waals surface area (Å²) in [7, 11) is 0. The molecule has 0 spiro atoms. The van der Waals surface area contributed by atoms with E-state index in [1.54, 1.807) is 6.07 Å². The maximum absolute atomic E-state index is 14.0. The van der Waals surface area contributed by atoms with Crippen molar-refractivity contribution in [2.24, 2.45) is 0 Å². The summed E-state index contributed by atoms with van der Waals surface area (Å²) in [6.07, 6.45) is 6.30. The highest BCUT2D eigenvalue weighted by Crippen LogP contribution is 2.18. The minimum atomic E-state index is -0.307. The Morgan fingerprint density at radius 2 is 2.26 bits per heavy atom. The molecule has 1 aromatic carbocycles. The molecule has 1 atom stereocenters. The summed E-state index contributed by atoms with van der Waals surface area (Å²) in [5.74, 6) is -0.307. The van der Waals surface area contributed by atoms with Crippen molar-refractivity contribution in [3.05, 3.63) is 36.7 Å². The van der Waals surface area contributed by atoms with Crippen LogP contribution in [0, 0.1) is 5.82 Å². The molecule has 1 aromatic heterocycles. The van der Waals surface area contributed by atoms with Gasteiger partial charge in [0.25, 0.3) is 0 Å². The summed E-state index contributed by atoms with van der Waals surface area (Å²) >= 11 is 0. The zero-order valence-electron chi connectivity index (χ0n) is 11.3. The van der Waals surface area contributed by atoms with Gasteiger partial charge in [-0.25, -0.2) is 14.1 Å². The van der Waals surface area contributed by atoms with Gasteiger partial charge in [0.15, 0.2) is 5.82 Å². The largest absolute Gasteiger partial charge is 0.383 e. The molecule has 0 radical (unpaired) electrons. The molecule has 0 saturated heterocycles. The van der Waals surface area contributed by atoms with E-state index in [0.29, 0.717) is 11.7 Å². The monoisotopic (exact) mass is 262 g/mol. The molecule has 0 saturated carbocycles. The van der Waals surface area contributed by atoms with Crippen LogP contribution in [0.1, 0.15) is 33.1 Å². The number of anilines is 1. The van der Waals surface area contributed by atoms with E-state index in [1.807, 2.05) is 6.07 Å². The van der Waals surface area contributed by atoms with E-state index in [-0.39, 0.29) is 5.82 Å². The molecule has 1 heterocycles. The Labute approximate surface area is 112 Å². The van der Waals surface area contributed by atoms with Gasteiger partial charge in [-0.2, -0.15) is 5.10 Å². The summed E-state index contributed by atoms with van der Waals surface area (Å²) in [4.78, 5) is 3.81. The number of hydrogen-bond donors (Lipinski definition) is 1. The Hall–Kier alpha value is -1.91. The van der Waals surface area contributed by atoms with Gasteiger partial charge in [0.2, 0.25) is 0 Å². The number of benzene rings is 1. The maximum Gasteiger partial charge on any atom is 0.150 e. The fraction of sp³-hybridized carbons (Fsp3) is 0.429. The van der Waals surface area contributed by atoms with E-state index in [9.17, 15) is 4.39 Å². The first kappa shape index (κ1) is 13.5. The van der Waals surface area contributed by atoms with Crippen LogP contribution in [-0.2, 0) is 0 Å². The normalized spacial score (nSPS) is 12.4. The minimum absolute atomic E-state index is 0.307. The number of nitrogens with one attached hydrogen (secondary N) is 1. The maximum atomic E-state index is 14.0. The quantitative estimate of drug-likeness (QED) is 0.867. The third-order valence-electron chi connectivity index (χ3n) is 3.02. The van der Waals surface area contributed by atoms with Crippen molar-refractivity contribution in [2.75, 3.05) is 5.32 Å². The molecule has 0 aliphatic rings. The topological polar surface area (TPSA) is 42.7 Å². The predicted molar refractivity (Wildman–Crippen MR) is 73.9 cm³/mol. The second kappa shape index (κ2) is 6.31. The molecule has 0 amide bonds. The van der Waals surface area contributed by atoms with Gasteiger partial charge in [0.05, 0.1) is 0 Å². The zero-order chi connectivity index (χ0) is 13.7. The molecule has 4 nitrogen and oxygen atoms in total. The van der Waals surface area contributed by atoms with Crippen LogP contribution in [0.3, 0.4) is 0 Å². The average Bonchev–Trinajstić information content (AvgIpc) is 2.90. The Balaban J connectivity index is 2.07. The lowest BCUT2D eigenvalue weighted by molar-refractivity contribution is 0.609. The summed E-state index contributed by atoms with van der Waals surface area (Å²) in [6.45, 7) is 4.28. The van der Waals surface area contributed by atoms with E-state index in [2.05, 4.69) is 29.2 Å². The van der Waals surface area contributed by atoms with Crippen LogP contribution in [0.25, 0.3) is 5.69 Å². The Bertz CT molecular complexity index is 510. The molecule has 2 aromatic rings. The highest BCUT2D eigenvalue weighted by molar-refractivity contribution is 5.49. The predicted octanol–water partition coefficient (Wildman–Crippen LogP) is 3.40. The molecule has 0 aliphatic heterocycles. The van der Waals surface area contributed by atoms with E-state index in [1.165, 1.54) is 36.2 Å². The van der Waals surface area contributed by atoms with E-state index in [4.69, 9.17) is 0 Å². The van der Waals surface area contributed by atoms with Crippen LogP contribution in [0.4, 0.5) is 10.1 Å². The van der Waals surface area contributed by atoms with Gasteiger partial charge < -0.3 is 5.32 Å². The Morgan fingerprint density at radius 1 is 1.42 bits per heavy atom. The van der Waals surface area contributed by atoms with E-state index >= 15 is 0 Å². The molecule has 0 bridgehead atoms. The van der Waals surface area contributed by atoms with Gasteiger partial charge in [-0.1, -0.05) is 19.8 Å². The van der Waals surface area contributed by atoms with Gasteiger partial charge >= 0.3 is 0 Å². The summed E-state index contributed by atoms with van der Waals surface area (Å²) < 4.78 is 15.4. The number of halogens is 1. The van der Waals surface area contributed by atoms with Crippen molar-refractivity contribution in [1.29, 1.82) is 0 Å². The average molecular weight is 262 g/mol. The van der Waals surface area contributed by atoms with Crippen molar-refractivity contribution in [3.8, 4) is 5.69 Å². The van der Waals surface area contributed by atoms with Crippen LogP contribution < -0.4 is 5.32 Å². The lowest BCUT2D eigenvalue weighted by Crippen LogP contribution is -2.15. The number of aromatic nitrogens is 3. The van der Waals surface area contributed by atoms with Crippen LogP contribution in [0.15, 0.2) is 30.9 Å². The highest BCUT2D eigenvalue weighted by Gasteiger charge is 2.08. The Morgan fingerprint density at radius 3 is 2.89 bits per heavy atom. The van der Waals surface area contributed by atoms with Gasteiger partial charge in [0, 0.05) is 11.7 Å². The van der Waals surface area contributed by atoms with Crippen molar-refractivity contribution < 1.29 is 4.39 Å². The second-order valence-electron chi connectivity index (χ2n) is 4.69. The van der Waals surface area contributed by atoms with Crippen molar-refractivity contribution in [3.63, 3.8) is 0 Å². The third kappa shape index (κ3) is 3.53. The molecule has 1 unspecified atom stereocenters. The standard InChI is InChI=1S/C14H19FN4/c1-3-4-5-11(2)18-12-6-7-14(13(15)8-12)19-10-16-9-17-19/h6-11,18H,3-5H2,1-2H3. The first-order valence-corrected chi connectivity index (χ1v) is 6.61. The molecule has 0 fully saturated rings. The summed E-state index contributed by atoms with van der Waals surface area (Å²) in [5, 5.41) is 7.23. The van der Waals surface area contributed by atoms with Gasteiger partial charge in [-0.3, -0.25) is 0 Å². The minimum Gasteiger partial charge on any atom is -0.383 e. The molecule has 1 N–H and O–H groups in total. The molecule has 2 rings (SSSR count). The van der Waals surface area contributed by atoms with Gasteiger partial charge in [0.1, 0.15) is 18.3 Å². The fourth-order valence-electron chi connectivity index (χ4n) is 1.98. The number of nitrogens with zero attached hydrogens (tertiary/aromatic N) is 3. The van der Waals surface area contributed by atoms with Crippen LogP contribution in [-0.4, -0.2) is 20.8 Å². The number of rotatable bonds is 6. The molecule has 19 heavy (non-hydrogen) atoms. The van der Waals surface area contributed by atoms with Crippen molar-refractivity contribution in [1.82, 2.24) is 14.8 Å². The number of hydrogen-bond acceptors (Lipinski definition) is 3. The van der Waals surface area contributed by atoms with Gasteiger partial charge in [-0.15, -0.1) is 0 Å². The van der Waals surface area contributed by atoms with Crippen LogP contribution >= 0.6 is 0 Å². The SMILES string of the molecule is CCCCC(C)Nc1ccc(-n2cncn2)c(F)c1. The Kier molecular flexibility index (Phi) is 4.49. The van der Waals surface area contributed by atoms with Crippen LogP contribution in [0.2, 0.25) is 0 Å². The second-order valence-corrected chi connectivity index (χ2v) is 4.69. The molecule has 5 heteroatoms. The highest BCUT2D eigenvalue weighted by atomic mass is 19.1. The van der Waals surface area contributed by atoms with Crippen molar-refractivity contribution >= 4 is 5.69 Å². The van der Waals surface area contributed by atoms with E-state index < -0.39 is 0 Å². The first-order chi connectivity index (χ1) is 9.20. The molecular weight excluding hydrogens is 243 g/mol. The van der Waals surface area contributed by atoms with E-state index in [0.717, 1.165) is 12.1 Å². The lowest BCUT2D eigenvalue weighted by Gasteiger charge is -2.15. The van der Waals surface area contributed by atoms with Crippen molar-refractivity contribution in [2.45, 2.75) is 39.2 Å².